The van der Waals surface area contributed by atoms with Gasteiger partial charge in [-0.2, -0.15) is 0 Å². The fourth-order valence-corrected chi connectivity index (χ4v) is 4.54. The summed E-state index contributed by atoms with van der Waals surface area (Å²) in [5.41, 5.74) is 3.86. The number of hydrogen-bond acceptors (Lipinski definition) is 4. The quantitative estimate of drug-likeness (QED) is 0.569. The molecule has 0 amide bonds. The molecule has 0 saturated carbocycles. The Balaban J connectivity index is 1.56. The first-order valence-corrected chi connectivity index (χ1v) is 11.1. The van der Waals surface area contributed by atoms with Gasteiger partial charge in [0, 0.05) is 31.1 Å². The molecular formula is C22H33N5S. The van der Waals surface area contributed by atoms with Gasteiger partial charge in [-0.15, -0.1) is 11.3 Å². The Morgan fingerprint density at radius 3 is 2.61 bits per heavy atom. The summed E-state index contributed by atoms with van der Waals surface area (Å²) < 4.78 is 0. The minimum Gasteiger partial charge on any atom is -0.352 e. The summed E-state index contributed by atoms with van der Waals surface area (Å²) in [6, 6.07) is 9.42. The van der Waals surface area contributed by atoms with Crippen LogP contribution in [0.2, 0.25) is 0 Å². The minimum atomic E-state index is 0.675. The first-order valence-electron chi connectivity index (χ1n) is 10.2. The summed E-state index contributed by atoms with van der Waals surface area (Å²) in [5, 5.41) is 7.94. The van der Waals surface area contributed by atoms with Crippen LogP contribution in [0.1, 0.15) is 52.9 Å². The van der Waals surface area contributed by atoms with Crippen LogP contribution < -0.4 is 10.6 Å². The Hall–Kier alpha value is -1.92. The molecule has 5 nitrogen and oxygen atoms in total. The van der Waals surface area contributed by atoms with E-state index in [1.807, 2.05) is 7.05 Å². The monoisotopic (exact) mass is 399 g/mol. The van der Waals surface area contributed by atoms with Crippen molar-refractivity contribution >= 4 is 17.3 Å². The summed E-state index contributed by atoms with van der Waals surface area (Å²) in [7, 11) is 1.81. The van der Waals surface area contributed by atoms with E-state index in [2.05, 4.69) is 70.5 Å². The molecule has 1 aromatic heterocycles. The maximum atomic E-state index is 4.59. The molecule has 1 unspecified atom stereocenters. The van der Waals surface area contributed by atoms with Crippen molar-refractivity contribution in [3.63, 3.8) is 0 Å². The van der Waals surface area contributed by atoms with E-state index >= 15 is 0 Å². The van der Waals surface area contributed by atoms with Crippen LogP contribution in [0.3, 0.4) is 0 Å². The number of nitrogens with one attached hydrogen (secondary N) is 2. The van der Waals surface area contributed by atoms with Crippen LogP contribution in [0.15, 0.2) is 29.3 Å². The highest BCUT2D eigenvalue weighted by Gasteiger charge is 2.19. The molecule has 2 heterocycles. The van der Waals surface area contributed by atoms with Crippen molar-refractivity contribution in [2.75, 3.05) is 13.6 Å². The highest BCUT2D eigenvalue weighted by Crippen LogP contribution is 2.21. The third kappa shape index (κ3) is 5.55. The fourth-order valence-electron chi connectivity index (χ4n) is 3.67. The molecule has 0 spiro atoms. The van der Waals surface area contributed by atoms with Crippen molar-refractivity contribution in [1.29, 1.82) is 0 Å². The van der Waals surface area contributed by atoms with Gasteiger partial charge >= 0.3 is 0 Å². The summed E-state index contributed by atoms with van der Waals surface area (Å²) in [4.78, 5) is 12.8. The largest absolute Gasteiger partial charge is 0.352 e. The topological polar surface area (TPSA) is 52.6 Å². The van der Waals surface area contributed by atoms with E-state index in [4.69, 9.17) is 0 Å². The number of guanidine groups is 1. The second kappa shape index (κ2) is 10.0. The Morgan fingerprint density at radius 1 is 1.18 bits per heavy atom. The summed E-state index contributed by atoms with van der Waals surface area (Å²) in [6.07, 6.45) is 3.99. The van der Waals surface area contributed by atoms with Gasteiger partial charge in [-0.05, 0) is 51.3 Å². The number of thiazole rings is 1. The lowest BCUT2D eigenvalue weighted by Gasteiger charge is -2.33. The van der Waals surface area contributed by atoms with Crippen molar-refractivity contribution in [2.24, 2.45) is 4.99 Å². The first kappa shape index (κ1) is 20.8. The van der Waals surface area contributed by atoms with E-state index in [-0.39, 0.29) is 0 Å². The zero-order valence-corrected chi connectivity index (χ0v) is 18.4. The number of aryl methyl sites for hydroxylation is 2. The van der Waals surface area contributed by atoms with Gasteiger partial charge in [-0.25, -0.2) is 4.98 Å². The number of likely N-dealkylation sites (tertiary alicyclic amines) is 1. The predicted molar refractivity (Wildman–Crippen MR) is 119 cm³/mol. The zero-order valence-electron chi connectivity index (χ0n) is 17.6. The molecule has 1 aliphatic heterocycles. The number of benzene rings is 1. The molecule has 1 atom stereocenters. The van der Waals surface area contributed by atoms with Crippen molar-refractivity contribution in [2.45, 2.75) is 65.7 Å². The molecule has 0 aliphatic carbocycles. The van der Waals surface area contributed by atoms with Crippen molar-refractivity contribution in [3.8, 4) is 0 Å². The molecular weight excluding hydrogens is 366 g/mol. The molecule has 1 aliphatic rings. The van der Waals surface area contributed by atoms with Crippen LogP contribution in [0.25, 0.3) is 0 Å². The predicted octanol–water partition coefficient (Wildman–Crippen LogP) is 4.00. The third-order valence-electron chi connectivity index (χ3n) is 5.58. The first-order chi connectivity index (χ1) is 13.6. The third-order valence-corrected chi connectivity index (χ3v) is 6.66. The molecule has 152 valence electrons. The molecule has 1 saturated heterocycles. The van der Waals surface area contributed by atoms with Gasteiger partial charge in [0.1, 0.15) is 5.01 Å². The Kier molecular flexibility index (Phi) is 7.45. The molecule has 0 radical (unpaired) electrons. The second-order valence-corrected chi connectivity index (χ2v) is 8.90. The van der Waals surface area contributed by atoms with E-state index < -0.39 is 0 Å². The highest BCUT2D eigenvalue weighted by atomic mass is 32.1. The van der Waals surface area contributed by atoms with Crippen LogP contribution >= 0.6 is 11.3 Å². The van der Waals surface area contributed by atoms with Crippen LogP contribution in [-0.4, -0.2) is 35.5 Å². The fraction of sp³-hybridized carbons (Fsp3) is 0.545. The minimum absolute atomic E-state index is 0.675. The molecule has 3 rings (SSSR count). The molecule has 6 heteroatoms. The smallest absolute Gasteiger partial charge is 0.191 e. The van der Waals surface area contributed by atoms with Crippen LogP contribution in [0.4, 0.5) is 0 Å². The summed E-state index contributed by atoms with van der Waals surface area (Å²) in [5.74, 6) is 0.812. The number of hydrogen-bond donors (Lipinski definition) is 2. The summed E-state index contributed by atoms with van der Waals surface area (Å²) in [6.45, 7) is 10.2. The number of rotatable bonds is 6. The number of aliphatic imine (C=N–C) groups is 1. The van der Waals surface area contributed by atoms with Gasteiger partial charge in [0.15, 0.2) is 5.96 Å². The lowest BCUT2D eigenvalue weighted by atomic mass is 10.0. The van der Waals surface area contributed by atoms with E-state index in [1.165, 1.54) is 41.8 Å². The van der Waals surface area contributed by atoms with E-state index in [1.54, 1.807) is 11.3 Å². The Morgan fingerprint density at radius 2 is 1.93 bits per heavy atom. The van der Waals surface area contributed by atoms with Crippen molar-refractivity contribution < 1.29 is 0 Å². The maximum Gasteiger partial charge on any atom is 0.191 e. The Bertz CT molecular complexity index is 778. The van der Waals surface area contributed by atoms with Gasteiger partial charge in [0.25, 0.3) is 0 Å². The van der Waals surface area contributed by atoms with Crippen LogP contribution in [-0.2, 0) is 19.6 Å². The molecule has 28 heavy (non-hydrogen) atoms. The SMILES string of the molecule is CN=C(NCc1nc(C)c(C)s1)NCc1ccccc1CN1CCCCC1C. The van der Waals surface area contributed by atoms with Crippen LogP contribution in [0.5, 0.6) is 0 Å². The molecule has 1 fully saturated rings. The lowest BCUT2D eigenvalue weighted by molar-refractivity contribution is 0.152. The number of piperidine rings is 1. The van der Waals surface area contributed by atoms with E-state index in [0.29, 0.717) is 12.6 Å². The van der Waals surface area contributed by atoms with E-state index in [0.717, 1.165) is 29.8 Å². The molecule has 1 aromatic carbocycles. The number of nitrogens with zero attached hydrogens (tertiary/aromatic N) is 3. The van der Waals surface area contributed by atoms with Gasteiger partial charge < -0.3 is 10.6 Å². The standard InChI is InChI=1S/C22H33N5S/c1-16-9-7-8-12-27(16)15-20-11-6-5-10-19(20)13-24-22(23-4)25-14-21-26-17(2)18(3)28-21/h5-6,10-11,16H,7-9,12-15H2,1-4H3,(H2,23,24,25). The van der Waals surface area contributed by atoms with Gasteiger partial charge in [0.2, 0.25) is 0 Å². The van der Waals surface area contributed by atoms with Crippen molar-refractivity contribution in [1.82, 2.24) is 20.5 Å². The normalized spacial score (nSPS) is 18.3. The van der Waals surface area contributed by atoms with Gasteiger partial charge in [-0.1, -0.05) is 30.7 Å². The summed E-state index contributed by atoms with van der Waals surface area (Å²) >= 11 is 1.74. The average molecular weight is 400 g/mol. The van der Waals surface area contributed by atoms with Gasteiger partial charge in [0.05, 0.1) is 12.2 Å². The second-order valence-electron chi connectivity index (χ2n) is 7.61. The van der Waals surface area contributed by atoms with Gasteiger partial charge in [-0.3, -0.25) is 9.89 Å². The van der Waals surface area contributed by atoms with E-state index in [9.17, 15) is 0 Å². The Labute approximate surface area is 173 Å². The number of aromatic nitrogens is 1. The van der Waals surface area contributed by atoms with Crippen molar-refractivity contribution in [3.05, 3.63) is 51.0 Å². The lowest BCUT2D eigenvalue weighted by Crippen LogP contribution is -2.38. The highest BCUT2D eigenvalue weighted by molar-refractivity contribution is 7.11. The zero-order chi connectivity index (χ0) is 19.9. The molecule has 2 N–H and O–H groups in total. The average Bonchev–Trinajstić information content (AvgIpc) is 3.02. The maximum absolute atomic E-state index is 4.59. The molecule has 0 bridgehead atoms. The molecule has 2 aromatic rings. The van der Waals surface area contributed by atoms with Crippen LogP contribution in [0, 0.1) is 13.8 Å².